The first-order valence-electron chi connectivity index (χ1n) is 10.7. The number of esters is 1. The average molecular weight is 513 g/mol. The summed E-state index contributed by atoms with van der Waals surface area (Å²) in [6.45, 7) is 3.50. The summed E-state index contributed by atoms with van der Waals surface area (Å²) in [5.41, 5.74) is 5.02. The maximum atomic E-state index is 13.4. The van der Waals surface area contributed by atoms with Crippen LogP contribution in [0.25, 0.3) is 0 Å². The van der Waals surface area contributed by atoms with Crippen LogP contribution in [0.2, 0.25) is 0 Å². The summed E-state index contributed by atoms with van der Waals surface area (Å²) in [5, 5.41) is 12.1. The minimum absolute atomic E-state index is 0.113. The summed E-state index contributed by atoms with van der Waals surface area (Å²) in [5.74, 6) is -0.0440. The maximum absolute atomic E-state index is 13.4. The maximum Gasteiger partial charge on any atom is 0.459 e. The Bertz CT molecular complexity index is 1070. The van der Waals surface area contributed by atoms with Gasteiger partial charge in [-0.25, -0.2) is 14.4 Å². The second-order valence-electron chi connectivity index (χ2n) is 8.08. The number of carbonyl (C=O) groups excluding carboxylic acids is 1. The summed E-state index contributed by atoms with van der Waals surface area (Å²) < 4.78 is 31.1. The van der Waals surface area contributed by atoms with E-state index in [2.05, 4.69) is 10.1 Å². The zero-order valence-electron chi connectivity index (χ0n) is 18.9. The van der Waals surface area contributed by atoms with Crippen LogP contribution in [-0.2, 0) is 18.6 Å². The predicted molar refractivity (Wildman–Crippen MR) is 128 cm³/mol. The van der Waals surface area contributed by atoms with E-state index in [-0.39, 0.29) is 43.7 Å². The third kappa shape index (κ3) is 7.57. The van der Waals surface area contributed by atoms with Crippen LogP contribution in [0.1, 0.15) is 25.6 Å². The highest BCUT2D eigenvalue weighted by molar-refractivity contribution is 8.00. The van der Waals surface area contributed by atoms with E-state index in [0.29, 0.717) is 0 Å². The molecular weight excluding hydrogens is 483 g/mol. The Hall–Kier alpha value is -2.37. The van der Waals surface area contributed by atoms with E-state index in [1.807, 2.05) is 13.8 Å². The number of aromatic nitrogens is 2. The highest BCUT2D eigenvalue weighted by Gasteiger charge is 2.38. The molecule has 2 heterocycles. The third-order valence-corrected chi connectivity index (χ3v) is 7.76. The molecule has 1 aromatic heterocycles. The fourth-order valence-corrected chi connectivity index (χ4v) is 5.88. The molecule has 186 valence electrons. The van der Waals surface area contributed by atoms with E-state index < -0.39 is 36.1 Å². The lowest BCUT2D eigenvalue weighted by atomic mass is 10.2. The lowest BCUT2D eigenvalue weighted by molar-refractivity contribution is -0.143. The van der Waals surface area contributed by atoms with Crippen LogP contribution >= 0.6 is 19.5 Å². The summed E-state index contributed by atoms with van der Waals surface area (Å²) >= 11 is 1.29. The van der Waals surface area contributed by atoms with Gasteiger partial charge < -0.3 is 20.1 Å². The van der Waals surface area contributed by atoms with Crippen LogP contribution in [0.15, 0.2) is 47.4 Å². The molecule has 3 rings (SSSR count). The van der Waals surface area contributed by atoms with E-state index in [1.165, 1.54) is 28.6 Å². The molecule has 2 aromatic rings. The standard InChI is InChI=1S/C21H29N4O7PS/c1-14(2)12-30-20(27)11-23-33(29,32-15-6-4-3-5-7-15)31-13-17-16(26)10-19(34-17)25-9-8-18(22)24-21(25)28/h3-9,14,16-17,19,26H,10-13H2,1-2H3,(H,23,29)(H2,22,24,28)/t16-,17-,19-,33+/m1/s1. The van der Waals surface area contributed by atoms with Crippen LogP contribution < -0.4 is 21.0 Å². The Labute approximate surface area is 201 Å². The fourth-order valence-electron chi connectivity index (χ4n) is 3.05. The molecule has 1 fully saturated rings. The van der Waals surface area contributed by atoms with Crippen LogP contribution in [0, 0.1) is 5.92 Å². The number of hydrogen-bond acceptors (Lipinski definition) is 10. The number of para-hydroxylation sites is 1. The molecule has 34 heavy (non-hydrogen) atoms. The largest absolute Gasteiger partial charge is 0.464 e. The Kier molecular flexibility index (Phi) is 9.15. The number of rotatable bonds is 11. The predicted octanol–water partition coefficient (Wildman–Crippen LogP) is 2.18. The molecule has 13 heteroatoms. The minimum atomic E-state index is -4.00. The monoisotopic (exact) mass is 512 g/mol. The van der Waals surface area contributed by atoms with Crippen molar-refractivity contribution < 1.29 is 28.3 Å². The molecule has 0 amide bonds. The normalized spacial score (nSPS) is 21.8. The van der Waals surface area contributed by atoms with Crippen molar-refractivity contribution in [3.05, 3.63) is 53.1 Å². The summed E-state index contributed by atoms with van der Waals surface area (Å²) in [7, 11) is -4.00. The average Bonchev–Trinajstić information content (AvgIpc) is 3.16. The first kappa shape index (κ1) is 26.2. The van der Waals surface area contributed by atoms with Gasteiger partial charge in [0.2, 0.25) is 0 Å². The van der Waals surface area contributed by atoms with Crippen molar-refractivity contribution in [2.75, 3.05) is 25.5 Å². The number of benzene rings is 1. The van der Waals surface area contributed by atoms with Crippen molar-refractivity contribution in [1.29, 1.82) is 0 Å². The molecule has 0 bridgehead atoms. The van der Waals surface area contributed by atoms with Gasteiger partial charge in [0.1, 0.15) is 18.1 Å². The van der Waals surface area contributed by atoms with Crippen molar-refractivity contribution in [1.82, 2.24) is 14.6 Å². The van der Waals surface area contributed by atoms with Gasteiger partial charge in [-0.3, -0.25) is 13.9 Å². The van der Waals surface area contributed by atoms with Gasteiger partial charge in [-0.2, -0.15) is 4.98 Å². The Balaban J connectivity index is 1.65. The molecule has 1 aromatic carbocycles. The highest BCUT2D eigenvalue weighted by atomic mass is 32.2. The van der Waals surface area contributed by atoms with Crippen LogP contribution in [0.5, 0.6) is 5.75 Å². The fraction of sp³-hybridized carbons (Fsp3) is 0.476. The van der Waals surface area contributed by atoms with Crippen molar-refractivity contribution in [2.45, 2.75) is 37.0 Å². The number of nitrogens with zero attached hydrogens (tertiary/aromatic N) is 2. The highest BCUT2D eigenvalue weighted by Crippen LogP contribution is 2.47. The molecule has 4 N–H and O–H groups in total. The molecular formula is C21H29N4O7PS. The molecule has 1 aliphatic heterocycles. The molecule has 1 saturated heterocycles. The Morgan fingerprint density at radius 3 is 2.76 bits per heavy atom. The molecule has 11 nitrogen and oxygen atoms in total. The number of aliphatic hydroxyl groups excluding tert-OH is 1. The second kappa shape index (κ2) is 11.9. The van der Waals surface area contributed by atoms with E-state index >= 15 is 0 Å². The quantitative estimate of drug-likeness (QED) is 0.300. The van der Waals surface area contributed by atoms with Gasteiger partial charge in [-0.1, -0.05) is 32.0 Å². The summed E-state index contributed by atoms with van der Waals surface area (Å²) in [6.07, 6.45) is 0.954. The van der Waals surface area contributed by atoms with Crippen LogP contribution in [0.3, 0.4) is 0 Å². The topological polar surface area (TPSA) is 155 Å². The minimum Gasteiger partial charge on any atom is -0.464 e. The van der Waals surface area contributed by atoms with Crippen LogP contribution in [0.4, 0.5) is 5.82 Å². The van der Waals surface area contributed by atoms with E-state index in [9.17, 15) is 19.3 Å². The number of nitrogen functional groups attached to an aromatic ring is 1. The lowest BCUT2D eigenvalue weighted by Gasteiger charge is -2.22. The third-order valence-electron chi connectivity index (χ3n) is 4.74. The Morgan fingerprint density at radius 1 is 1.35 bits per heavy atom. The number of ether oxygens (including phenoxy) is 1. The van der Waals surface area contributed by atoms with Gasteiger partial charge >= 0.3 is 19.4 Å². The molecule has 1 aliphatic rings. The lowest BCUT2D eigenvalue weighted by Crippen LogP contribution is -2.29. The van der Waals surface area contributed by atoms with Gasteiger partial charge in [-0.05, 0) is 24.1 Å². The zero-order chi connectivity index (χ0) is 24.7. The second-order valence-corrected chi connectivity index (χ2v) is 11.3. The van der Waals surface area contributed by atoms with Gasteiger partial charge in [-0.15, -0.1) is 11.8 Å². The van der Waals surface area contributed by atoms with Crippen molar-refractivity contribution in [3.63, 3.8) is 0 Å². The molecule has 0 unspecified atom stereocenters. The molecule has 0 saturated carbocycles. The van der Waals surface area contributed by atoms with E-state index in [1.54, 1.807) is 30.3 Å². The molecule has 4 atom stereocenters. The first-order chi connectivity index (χ1) is 16.1. The number of anilines is 1. The van der Waals surface area contributed by atoms with Gasteiger partial charge in [0.25, 0.3) is 0 Å². The van der Waals surface area contributed by atoms with Gasteiger partial charge in [0, 0.05) is 12.6 Å². The van der Waals surface area contributed by atoms with Crippen molar-refractivity contribution in [2.24, 2.45) is 5.92 Å². The number of carbonyl (C=O) groups is 1. The number of aliphatic hydroxyl groups is 1. The number of thioether (sulfide) groups is 1. The first-order valence-corrected chi connectivity index (χ1v) is 13.2. The van der Waals surface area contributed by atoms with Crippen LogP contribution in [-0.4, -0.2) is 51.7 Å². The van der Waals surface area contributed by atoms with Gasteiger partial charge in [0.05, 0.1) is 29.9 Å². The van der Waals surface area contributed by atoms with Crippen molar-refractivity contribution in [3.8, 4) is 5.75 Å². The summed E-state index contributed by atoms with van der Waals surface area (Å²) in [6, 6.07) is 9.89. The number of hydrogen-bond donors (Lipinski definition) is 3. The molecule has 0 aliphatic carbocycles. The Morgan fingerprint density at radius 2 is 2.09 bits per heavy atom. The number of nitrogens with two attached hydrogens (primary N) is 1. The molecule has 0 spiro atoms. The SMILES string of the molecule is CC(C)COC(=O)CN[P@](=O)(OC[C@H]1S[C@@H](n2ccc(N)nc2=O)C[C@H]1O)Oc1ccccc1. The zero-order valence-corrected chi connectivity index (χ0v) is 20.6. The van der Waals surface area contributed by atoms with Gasteiger partial charge in [0.15, 0.2) is 0 Å². The van der Waals surface area contributed by atoms with E-state index in [4.69, 9.17) is 19.5 Å². The summed E-state index contributed by atoms with van der Waals surface area (Å²) in [4.78, 5) is 27.8. The van der Waals surface area contributed by atoms with E-state index in [0.717, 1.165) is 0 Å². The number of nitrogens with one attached hydrogen (secondary N) is 1. The van der Waals surface area contributed by atoms with Crippen molar-refractivity contribution >= 4 is 31.3 Å². The smallest absolute Gasteiger partial charge is 0.459 e. The molecule has 0 radical (unpaired) electrons.